The van der Waals surface area contributed by atoms with Crippen LogP contribution in [0, 0.1) is 17.1 Å². The second-order valence-electron chi connectivity index (χ2n) is 6.84. The third-order valence-corrected chi connectivity index (χ3v) is 4.52. The number of halogens is 1. The minimum atomic E-state index is -1.15. The highest BCUT2D eigenvalue weighted by molar-refractivity contribution is 5.89. The van der Waals surface area contributed by atoms with Gasteiger partial charge in [-0.3, -0.25) is 0 Å². The summed E-state index contributed by atoms with van der Waals surface area (Å²) < 4.78 is 19.4. The molecule has 1 unspecified atom stereocenters. The summed E-state index contributed by atoms with van der Waals surface area (Å²) in [5, 5.41) is 24.0. The molecule has 3 N–H and O–H groups in total. The fourth-order valence-corrected chi connectivity index (χ4v) is 2.92. The van der Waals surface area contributed by atoms with E-state index in [4.69, 9.17) is 10.00 Å². The lowest BCUT2D eigenvalue weighted by Gasteiger charge is -2.14. The lowest BCUT2D eigenvalue weighted by atomic mass is 10.1. The number of hydrogen-bond donors (Lipinski definition) is 3. The van der Waals surface area contributed by atoms with Crippen molar-refractivity contribution in [1.82, 2.24) is 5.32 Å². The summed E-state index contributed by atoms with van der Waals surface area (Å²) in [6.45, 7) is 0.179. The zero-order chi connectivity index (χ0) is 22.1. The first-order valence-corrected chi connectivity index (χ1v) is 9.70. The average Bonchev–Trinajstić information content (AvgIpc) is 2.78. The number of nitrogens with zero attached hydrogens (tertiary/aromatic N) is 1. The van der Waals surface area contributed by atoms with Gasteiger partial charge in [-0.15, -0.1) is 0 Å². The van der Waals surface area contributed by atoms with Gasteiger partial charge in [-0.1, -0.05) is 42.5 Å². The van der Waals surface area contributed by atoms with Gasteiger partial charge in [-0.25, -0.2) is 9.18 Å². The molecular weight excluding hydrogens is 397 g/mol. The van der Waals surface area contributed by atoms with Crippen LogP contribution in [0.2, 0.25) is 0 Å². The molecule has 158 valence electrons. The molecule has 2 amide bonds. The van der Waals surface area contributed by atoms with Crippen molar-refractivity contribution >= 4 is 11.7 Å². The average molecular weight is 419 g/mol. The lowest BCUT2D eigenvalue weighted by Crippen LogP contribution is -2.32. The Bertz CT molecular complexity index is 1060. The number of ether oxygens (including phenoxy) is 1. The van der Waals surface area contributed by atoms with Crippen molar-refractivity contribution in [2.45, 2.75) is 19.1 Å². The maximum Gasteiger partial charge on any atom is 0.319 e. The summed E-state index contributed by atoms with van der Waals surface area (Å²) in [5.74, 6) is 0.157. The van der Waals surface area contributed by atoms with Crippen molar-refractivity contribution in [3.8, 4) is 11.8 Å². The second kappa shape index (κ2) is 10.8. The number of urea groups is 1. The van der Waals surface area contributed by atoms with Crippen LogP contribution in [-0.4, -0.2) is 17.7 Å². The topological polar surface area (TPSA) is 94.4 Å². The molecule has 31 heavy (non-hydrogen) atoms. The van der Waals surface area contributed by atoms with E-state index in [9.17, 15) is 14.3 Å². The van der Waals surface area contributed by atoms with Gasteiger partial charge in [0.25, 0.3) is 0 Å². The van der Waals surface area contributed by atoms with Crippen molar-refractivity contribution in [1.29, 1.82) is 5.26 Å². The van der Waals surface area contributed by atoms with Gasteiger partial charge in [0.05, 0.1) is 18.6 Å². The first-order chi connectivity index (χ1) is 15.0. The van der Waals surface area contributed by atoms with Crippen LogP contribution in [0.5, 0.6) is 5.75 Å². The summed E-state index contributed by atoms with van der Waals surface area (Å²) in [6.07, 6.45) is -0.792. The highest BCUT2D eigenvalue weighted by atomic mass is 19.1. The molecular formula is C24H22FN3O3. The van der Waals surface area contributed by atoms with Gasteiger partial charge in [-0.2, -0.15) is 5.26 Å². The van der Waals surface area contributed by atoms with E-state index in [-0.39, 0.29) is 12.1 Å². The fraction of sp³-hybridized carbons (Fsp3) is 0.167. The molecule has 3 aromatic carbocycles. The van der Waals surface area contributed by atoms with Gasteiger partial charge < -0.3 is 20.5 Å². The summed E-state index contributed by atoms with van der Waals surface area (Å²) in [5.41, 5.74) is 2.46. The molecule has 0 heterocycles. The van der Waals surface area contributed by atoms with Crippen LogP contribution in [0.15, 0.2) is 72.8 Å². The quantitative estimate of drug-likeness (QED) is 0.507. The summed E-state index contributed by atoms with van der Waals surface area (Å²) in [6, 6.07) is 21.9. The van der Waals surface area contributed by atoms with E-state index >= 15 is 0 Å². The monoisotopic (exact) mass is 419 g/mol. The Morgan fingerprint density at radius 2 is 1.84 bits per heavy atom. The Morgan fingerprint density at radius 1 is 1.06 bits per heavy atom. The van der Waals surface area contributed by atoms with E-state index in [1.165, 1.54) is 18.2 Å². The molecule has 0 aliphatic heterocycles. The van der Waals surface area contributed by atoms with Crippen LogP contribution in [0.4, 0.5) is 14.9 Å². The number of carbonyl (C=O) groups excluding carboxylic acids is 1. The Hall–Kier alpha value is -3.89. The number of hydrogen-bond acceptors (Lipinski definition) is 4. The summed E-state index contributed by atoms with van der Waals surface area (Å²) in [7, 11) is 0. The number of carbonyl (C=O) groups is 1. The predicted octanol–water partition coefficient (Wildman–Crippen LogP) is 4.33. The normalized spacial score (nSPS) is 11.3. The number of aliphatic hydroxyl groups excluding tert-OH is 1. The number of aliphatic hydroxyl groups is 1. The maximum atomic E-state index is 13.7. The molecule has 0 bridgehead atoms. The van der Waals surface area contributed by atoms with Crippen molar-refractivity contribution in [2.75, 3.05) is 11.9 Å². The fourth-order valence-electron chi connectivity index (χ4n) is 2.92. The molecule has 7 heteroatoms. The number of nitriles is 1. The molecule has 0 radical (unpaired) electrons. The highest BCUT2D eigenvalue weighted by Crippen LogP contribution is 2.17. The Kier molecular flexibility index (Phi) is 7.57. The van der Waals surface area contributed by atoms with Crippen molar-refractivity contribution in [3.05, 3.63) is 95.3 Å². The second-order valence-corrected chi connectivity index (χ2v) is 6.84. The standard InChI is InChI=1S/C24H22FN3O3/c25-22-7-2-1-6-21(22)23(29)15-27-24(30)28-19-5-3-4-18(14-19)16-31-20-10-8-17(9-11-20)12-13-26/h1-11,14,23,29H,12,15-16H2,(H2,27,28,30). The van der Waals surface area contributed by atoms with Gasteiger partial charge in [-0.05, 0) is 41.5 Å². The predicted molar refractivity (Wildman–Crippen MR) is 115 cm³/mol. The molecule has 0 saturated heterocycles. The number of anilines is 1. The van der Waals surface area contributed by atoms with Crippen LogP contribution in [-0.2, 0) is 13.0 Å². The number of rotatable bonds is 8. The number of benzene rings is 3. The van der Waals surface area contributed by atoms with Crippen LogP contribution >= 0.6 is 0 Å². The van der Waals surface area contributed by atoms with E-state index in [1.54, 1.807) is 24.3 Å². The molecule has 0 spiro atoms. The lowest BCUT2D eigenvalue weighted by molar-refractivity contribution is 0.170. The zero-order valence-corrected chi connectivity index (χ0v) is 16.7. The molecule has 0 aliphatic carbocycles. The molecule has 3 aromatic rings. The number of amides is 2. The Labute approximate surface area is 179 Å². The van der Waals surface area contributed by atoms with Crippen LogP contribution in [0.3, 0.4) is 0 Å². The first-order valence-electron chi connectivity index (χ1n) is 9.70. The summed E-state index contributed by atoms with van der Waals surface area (Å²) >= 11 is 0. The molecule has 3 rings (SSSR count). The van der Waals surface area contributed by atoms with Crippen LogP contribution in [0.25, 0.3) is 0 Å². The molecule has 0 fully saturated rings. The zero-order valence-electron chi connectivity index (χ0n) is 16.7. The largest absolute Gasteiger partial charge is 0.489 e. The van der Waals surface area contributed by atoms with E-state index in [1.807, 2.05) is 30.3 Å². The molecule has 1 atom stereocenters. The SMILES string of the molecule is N#CCc1ccc(OCc2cccc(NC(=O)NCC(O)c3ccccc3F)c2)cc1. The smallest absolute Gasteiger partial charge is 0.319 e. The van der Waals surface area contributed by atoms with Crippen LogP contribution < -0.4 is 15.4 Å². The Morgan fingerprint density at radius 3 is 2.58 bits per heavy atom. The number of nitrogens with one attached hydrogen (secondary N) is 2. The first kappa shape index (κ1) is 21.8. The molecule has 0 aromatic heterocycles. The Balaban J connectivity index is 1.50. The van der Waals surface area contributed by atoms with Gasteiger partial charge in [0.2, 0.25) is 0 Å². The third kappa shape index (κ3) is 6.56. The third-order valence-electron chi connectivity index (χ3n) is 4.52. The van der Waals surface area contributed by atoms with Gasteiger partial charge in [0.1, 0.15) is 18.2 Å². The van der Waals surface area contributed by atoms with Gasteiger partial charge in [0, 0.05) is 17.8 Å². The molecule has 0 aliphatic rings. The van der Waals surface area contributed by atoms with E-state index < -0.39 is 18.0 Å². The molecule has 0 saturated carbocycles. The van der Waals surface area contributed by atoms with E-state index in [0.717, 1.165) is 11.1 Å². The van der Waals surface area contributed by atoms with Crippen molar-refractivity contribution in [3.63, 3.8) is 0 Å². The maximum absolute atomic E-state index is 13.7. The van der Waals surface area contributed by atoms with E-state index in [0.29, 0.717) is 24.5 Å². The highest BCUT2D eigenvalue weighted by Gasteiger charge is 2.13. The van der Waals surface area contributed by atoms with Crippen molar-refractivity contribution < 1.29 is 19.0 Å². The molecule has 6 nitrogen and oxygen atoms in total. The van der Waals surface area contributed by atoms with Gasteiger partial charge >= 0.3 is 6.03 Å². The summed E-state index contributed by atoms with van der Waals surface area (Å²) in [4.78, 5) is 12.1. The minimum absolute atomic E-state index is 0.127. The van der Waals surface area contributed by atoms with Crippen LogP contribution in [0.1, 0.15) is 22.8 Å². The van der Waals surface area contributed by atoms with Crippen molar-refractivity contribution in [2.24, 2.45) is 0 Å². The van der Waals surface area contributed by atoms with E-state index in [2.05, 4.69) is 16.7 Å². The van der Waals surface area contributed by atoms with Gasteiger partial charge in [0.15, 0.2) is 0 Å². The minimum Gasteiger partial charge on any atom is -0.489 e.